The van der Waals surface area contributed by atoms with Gasteiger partial charge >= 0.3 is 0 Å². The van der Waals surface area contributed by atoms with Gasteiger partial charge in [0.15, 0.2) is 5.79 Å². The minimum atomic E-state index is -0.299. The fourth-order valence-corrected chi connectivity index (χ4v) is 2.41. The van der Waals surface area contributed by atoms with Gasteiger partial charge in [0.2, 0.25) is 0 Å². The van der Waals surface area contributed by atoms with Gasteiger partial charge < -0.3 is 9.47 Å². The number of ether oxygens (including phenoxy) is 2. The van der Waals surface area contributed by atoms with Gasteiger partial charge in [-0.2, -0.15) is 0 Å². The minimum absolute atomic E-state index is 0.299. The lowest BCUT2D eigenvalue weighted by Crippen LogP contribution is -2.36. The largest absolute Gasteiger partial charge is 0.350 e. The van der Waals surface area contributed by atoms with Crippen LogP contribution in [-0.2, 0) is 9.47 Å². The normalized spacial score (nSPS) is 12.0. The second kappa shape index (κ2) is 12.9. The number of hydrogen-bond acceptors (Lipinski definition) is 2. The van der Waals surface area contributed by atoms with Crippen LogP contribution in [0.2, 0.25) is 0 Å². The van der Waals surface area contributed by atoms with Gasteiger partial charge in [0.05, 0.1) is 0 Å². The van der Waals surface area contributed by atoms with Crippen LogP contribution in [0.4, 0.5) is 0 Å². The topological polar surface area (TPSA) is 18.5 Å². The summed E-state index contributed by atoms with van der Waals surface area (Å²) in [5.41, 5.74) is 0. The molecule has 0 aliphatic heterocycles. The van der Waals surface area contributed by atoms with Crippen LogP contribution in [0.15, 0.2) is 0 Å². The Balaban J connectivity index is 4.23. The Morgan fingerprint density at radius 1 is 0.579 bits per heavy atom. The maximum absolute atomic E-state index is 6.11. The van der Waals surface area contributed by atoms with E-state index in [-0.39, 0.29) is 5.79 Å². The second-order valence-corrected chi connectivity index (χ2v) is 5.52. The molecule has 0 aliphatic carbocycles. The zero-order chi connectivity index (χ0) is 14.4. The van der Waals surface area contributed by atoms with Crippen molar-refractivity contribution in [2.45, 2.75) is 97.7 Å². The smallest absolute Gasteiger partial charge is 0.168 e. The molecule has 0 spiro atoms. The molecule has 0 heterocycles. The Bertz CT molecular complexity index is 172. The molecule has 0 atom stereocenters. The molecule has 0 aliphatic rings. The van der Waals surface area contributed by atoms with Crippen molar-refractivity contribution in [3.8, 4) is 0 Å². The number of unbranched alkanes of at least 4 members (excludes halogenated alkanes) is 4. The van der Waals surface area contributed by atoms with Crippen LogP contribution >= 0.6 is 0 Å². The van der Waals surface area contributed by atoms with Gasteiger partial charge in [-0.1, -0.05) is 59.8 Å². The summed E-state index contributed by atoms with van der Waals surface area (Å²) in [6.07, 6.45) is 11.9. The molecule has 0 saturated carbocycles. The van der Waals surface area contributed by atoms with Crippen LogP contribution < -0.4 is 0 Å². The Kier molecular flexibility index (Phi) is 12.9. The van der Waals surface area contributed by atoms with Crippen molar-refractivity contribution < 1.29 is 9.47 Å². The maximum atomic E-state index is 6.11. The van der Waals surface area contributed by atoms with Crippen LogP contribution in [0.3, 0.4) is 0 Å². The van der Waals surface area contributed by atoms with Gasteiger partial charge in [-0.25, -0.2) is 0 Å². The van der Waals surface area contributed by atoms with Crippen molar-refractivity contribution in [2.24, 2.45) is 0 Å². The van der Waals surface area contributed by atoms with E-state index in [0.717, 1.165) is 45.3 Å². The number of rotatable bonds is 14. The van der Waals surface area contributed by atoms with Crippen LogP contribution in [0, 0.1) is 0 Å². The molecule has 0 aromatic carbocycles. The van der Waals surface area contributed by atoms with Gasteiger partial charge in [0, 0.05) is 26.1 Å². The van der Waals surface area contributed by atoms with E-state index in [9.17, 15) is 0 Å². The van der Waals surface area contributed by atoms with Crippen LogP contribution in [-0.4, -0.2) is 19.0 Å². The molecule has 0 aromatic heterocycles. The molecule has 0 unspecified atom stereocenters. The Hall–Kier alpha value is -0.0800. The summed E-state index contributed by atoms with van der Waals surface area (Å²) in [5.74, 6) is -0.299. The van der Waals surface area contributed by atoms with E-state index in [2.05, 4.69) is 27.7 Å². The van der Waals surface area contributed by atoms with E-state index in [4.69, 9.17) is 9.47 Å². The highest BCUT2D eigenvalue weighted by Crippen LogP contribution is 2.28. The molecule has 0 amide bonds. The predicted molar refractivity (Wildman–Crippen MR) is 83.5 cm³/mol. The lowest BCUT2D eigenvalue weighted by atomic mass is 10.0. The third-order valence-corrected chi connectivity index (χ3v) is 3.43. The maximum Gasteiger partial charge on any atom is 0.168 e. The van der Waals surface area contributed by atoms with Crippen molar-refractivity contribution in [1.29, 1.82) is 0 Å². The molecule has 2 nitrogen and oxygen atoms in total. The Labute approximate surface area is 121 Å². The standard InChI is InChI=1S/C17H36O2/c1-5-9-10-11-12-14-17(13-6-2,18-15-7-3)19-16-8-4/h5-16H2,1-4H3. The molecular formula is C17H36O2. The molecule has 19 heavy (non-hydrogen) atoms. The fourth-order valence-electron chi connectivity index (χ4n) is 2.41. The lowest BCUT2D eigenvalue weighted by Gasteiger charge is -2.34. The highest BCUT2D eigenvalue weighted by molar-refractivity contribution is 4.70. The molecule has 0 N–H and O–H groups in total. The van der Waals surface area contributed by atoms with Crippen molar-refractivity contribution in [2.75, 3.05) is 13.2 Å². The number of hydrogen-bond donors (Lipinski definition) is 0. The monoisotopic (exact) mass is 272 g/mol. The lowest BCUT2D eigenvalue weighted by molar-refractivity contribution is -0.246. The molecule has 116 valence electrons. The van der Waals surface area contributed by atoms with Gasteiger partial charge in [0.25, 0.3) is 0 Å². The fraction of sp³-hybridized carbons (Fsp3) is 1.00. The highest BCUT2D eigenvalue weighted by Gasteiger charge is 2.30. The predicted octanol–water partition coefficient (Wildman–Crippen LogP) is 5.70. The van der Waals surface area contributed by atoms with Crippen molar-refractivity contribution in [3.63, 3.8) is 0 Å². The average Bonchev–Trinajstić information content (AvgIpc) is 2.43. The molecular weight excluding hydrogens is 236 g/mol. The average molecular weight is 272 g/mol. The zero-order valence-corrected chi connectivity index (χ0v) is 13.8. The molecule has 0 aromatic rings. The van der Waals surface area contributed by atoms with E-state index in [1.807, 2.05) is 0 Å². The van der Waals surface area contributed by atoms with Crippen LogP contribution in [0.5, 0.6) is 0 Å². The first kappa shape index (κ1) is 18.9. The minimum Gasteiger partial charge on any atom is -0.350 e. The van der Waals surface area contributed by atoms with Crippen LogP contribution in [0.25, 0.3) is 0 Å². The van der Waals surface area contributed by atoms with E-state index in [1.54, 1.807) is 0 Å². The molecule has 2 heteroatoms. The molecule has 0 saturated heterocycles. The summed E-state index contributed by atoms with van der Waals surface area (Å²) in [5, 5.41) is 0. The summed E-state index contributed by atoms with van der Waals surface area (Å²) in [6.45, 7) is 10.4. The SMILES string of the molecule is CCCCCCCC(CCC)(OCCC)OCCC. The first-order valence-corrected chi connectivity index (χ1v) is 8.52. The molecule has 0 radical (unpaired) electrons. The van der Waals surface area contributed by atoms with Crippen molar-refractivity contribution in [3.05, 3.63) is 0 Å². The van der Waals surface area contributed by atoms with Gasteiger partial charge in [-0.15, -0.1) is 0 Å². The second-order valence-electron chi connectivity index (χ2n) is 5.52. The molecule has 0 fully saturated rings. The Morgan fingerprint density at radius 2 is 1.16 bits per heavy atom. The Morgan fingerprint density at radius 3 is 1.63 bits per heavy atom. The van der Waals surface area contributed by atoms with Gasteiger partial charge in [-0.05, 0) is 19.3 Å². The van der Waals surface area contributed by atoms with E-state index in [1.165, 1.54) is 32.1 Å². The molecule has 0 bridgehead atoms. The summed E-state index contributed by atoms with van der Waals surface area (Å²) >= 11 is 0. The van der Waals surface area contributed by atoms with E-state index in [0.29, 0.717) is 0 Å². The van der Waals surface area contributed by atoms with Crippen molar-refractivity contribution >= 4 is 0 Å². The summed E-state index contributed by atoms with van der Waals surface area (Å²) < 4.78 is 12.2. The van der Waals surface area contributed by atoms with Crippen LogP contribution in [0.1, 0.15) is 91.9 Å². The first-order chi connectivity index (χ1) is 9.24. The quantitative estimate of drug-likeness (QED) is 0.298. The highest BCUT2D eigenvalue weighted by atomic mass is 16.7. The first-order valence-electron chi connectivity index (χ1n) is 8.52. The third-order valence-electron chi connectivity index (χ3n) is 3.43. The molecule has 0 rings (SSSR count). The summed E-state index contributed by atoms with van der Waals surface area (Å²) in [7, 11) is 0. The third kappa shape index (κ3) is 9.45. The van der Waals surface area contributed by atoms with E-state index >= 15 is 0 Å². The van der Waals surface area contributed by atoms with E-state index < -0.39 is 0 Å². The van der Waals surface area contributed by atoms with Crippen molar-refractivity contribution in [1.82, 2.24) is 0 Å². The summed E-state index contributed by atoms with van der Waals surface area (Å²) in [6, 6.07) is 0. The van der Waals surface area contributed by atoms with Gasteiger partial charge in [0.1, 0.15) is 0 Å². The van der Waals surface area contributed by atoms with Gasteiger partial charge in [-0.3, -0.25) is 0 Å². The zero-order valence-electron chi connectivity index (χ0n) is 13.8. The summed E-state index contributed by atoms with van der Waals surface area (Å²) in [4.78, 5) is 0.